The van der Waals surface area contributed by atoms with Gasteiger partial charge in [0.2, 0.25) is 0 Å². The maximum atomic E-state index is 11.4. The summed E-state index contributed by atoms with van der Waals surface area (Å²) < 4.78 is 13.9. The first-order valence-corrected chi connectivity index (χ1v) is 6.10. The molecule has 0 unspecified atom stereocenters. The Morgan fingerprint density at radius 3 is 2.00 bits per heavy atom. The molecule has 19 heavy (non-hydrogen) atoms. The molecule has 0 aliphatic heterocycles. The Morgan fingerprint density at radius 2 is 1.58 bits per heavy atom. The molecule has 0 spiro atoms. The minimum atomic E-state index is -0.700. The van der Waals surface area contributed by atoms with E-state index in [9.17, 15) is 14.4 Å². The van der Waals surface area contributed by atoms with E-state index in [0.717, 1.165) is 12.8 Å². The van der Waals surface area contributed by atoms with Gasteiger partial charge in [0.15, 0.2) is 0 Å². The molecule has 7 heteroatoms. The topological polar surface area (TPSA) is 90.9 Å². The number of carbonyl (C=O) groups excluding carboxylic acids is 3. The quantitative estimate of drug-likeness (QED) is 0.404. The van der Waals surface area contributed by atoms with Crippen molar-refractivity contribution >= 4 is 18.0 Å². The monoisotopic (exact) mass is 275 g/mol. The summed E-state index contributed by atoms with van der Waals surface area (Å²) in [6, 6.07) is -0.700. The minimum Gasteiger partial charge on any atom is -0.469 e. The number of ether oxygens (including phenoxy) is 3. The second-order valence-electron chi connectivity index (χ2n) is 3.89. The van der Waals surface area contributed by atoms with Gasteiger partial charge in [-0.05, 0) is 6.42 Å². The summed E-state index contributed by atoms with van der Waals surface area (Å²) in [6.07, 6.45) is 0.766. The average molecular weight is 275 g/mol. The number of rotatable bonds is 8. The van der Waals surface area contributed by atoms with E-state index in [0.29, 0.717) is 6.61 Å². The second-order valence-corrected chi connectivity index (χ2v) is 3.89. The lowest BCUT2D eigenvalue weighted by atomic mass is 10.1. The Hall–Kier alpha value is -1.79. The van der Waals surface area contributed by atoms with Crippen LogP contribution in [0.15, 0.2) is 0 Å². The molecule has 0 bridgehead atoms. The van der Waals surface area contributed by atoms with Crippen LogP contribution in [0, 0.1) is 0 Å². The van der Waals surface area contributed by atoms with Crippen LogP contribution in [0.25, 0.3) is 0 Å². The highest BCUT2D eigenvalue weighted by molar-refractivity contribution is 5.76. The molecule has 0 fully saturated rings. The van der Waals surface area contributed by atoms with Crippen molar-refractivity contribution in [3.63, 3.8) is 0 Å². The Balaban J connectivity index is 4.27. The number of unbranched alkanes of at least 4 members (excludes halogenated alkanes) is 1. The maximum Gasteiger partial charge on any atom is 0.407 e. The lowest BCUT2D eigenvalue weighted by Gasteiger charge is -2.16. The molecule has 0 aromatic heterocycles. The third-order valence-electron chi connectivity index (χ3n) is 2.33. The SMILES string of the molecule is CCCCOC(=O)NC(CC(=O)OC)CC(=O)OC. The normalized spacial score (nSPS) is 9.89. The van der Waals surface area contributed by atoms with Gasteiger partial charge in [0.25, 0.3) is 0 Å². The number of carbonyl (C=O) groups is 3. The molecule has 0 aromatic carbocycles. The van der Waals surface area contributed by atoms with Crippen molar-refractivity contribution in [1.29, 1.82) is 0 Å². The van der Waals surface area contributed by atoms with Crippen LogP contribution in [-0.4, -0.2) is 44.9 Å². The first kappa shape index (κ1) is 17.2. The van der Waals surface area contributed by atoms with Crippen LogP contribution in [0.5, 0.6) is 0 Å². The lowest BCUT2D eigenvalue weighted by Crippen LogP contribution is -2.39. The van der Waals surface area contributed by atoms with Crippen LogP contribution in [0.3, 0.4) is 0 Å². The molecular formula is C12H21NO6. The summed E-state index contributed by atoms with van der Waals surface area (Å²) in [5.74, 6) is -1.05. The zero-order valence-corrected chi connectivity index (χ0v) is 11.6. The van der Waals surface area contributed by atoms with E-state index in [1.54, 1.807) is 0 Å². The van der Waals surface area contributed by atoms with Crippen LogP contribution in [0.1, 0.15) is 32.6 Å². The van der Waals surface area contributed by atoms with E-state index in [1.807, 2.05) is 6.92 Å². The van der Waals surface area contributed by atoms with Gasteiger partial charge in [-0.15, -0.1) is 0 Å². The van der Waals surface area contributed by atoms with Crippen molar-refractivity contribution in [2.24, 2.45) is 0 Å². The lowest BCUT2D eigenvalue weighted by molar-refractivity contribution is -0.143. The minimum absolute atomic E-state index is 0.117. The molecule has 0 rings (SSSR count). The first-order valence-electron chi connectivity index (χ1n) is 6.10. The van der Waals surface area contributed by atoms with Gasteiger partial charge < -0.3 is 19.5 Å². The number of hydrogen-bond acceptors (Lipinski definition) is 6. The molecule has 1 N–H and O–H groups in total. The van der Waals surface area contributed by atoms with E-state index < -0.39 is 24.1 Å². The summed E-state index contributed by atoms with van der Waals surface area (Å²) in [5, 5.41) is 2.44. The average Bonchev–Trinajstić information content (AvgIpc) is 2.38. The Bertz CT molecular complexity index is 287. The standard InChI is InChI=1S/C12H21NO6/c1-4-5-6-19-12(16)13-9(7-10(14)17-2)8-11(15)18-3/h9H,4-8H2,1-3H3,(H,13,16). The molecule has 0 radical (unpaired) electrons. The second kappa shape index (κ2) is 10.2. The number of amides is 1. The number of hydrogen-bond donors (Lipinski definition) is 1. The zero-order chi connectivity index (χ0) is 14.7. The van der Waals surface area contributed by atoms with Crippen LogP contribution in [0.4, 0.5) is 4.79 Å². The van der Waals surface area contributed by atoms with Gasteiger partial charge in [0, 0.05) is 0 Å². The van der Waals surface area contributed by atoms with Gasteiger partial charge in [-0.3, -0.25) is 9.59 Å². The molecule has 0 saturated carbocycles. The Morgan fingerprint density at radius 1 is 1.05 bits per heavy atom. The van der Waals surface area contributed by atoms with Crippen LogP contribution >= 0.6 is 0 Å². The van der Waals surface area contributed by atoms with Crippen LogP contribution < -0.4 is 5.32 Å². The van der Waals surface area contributed by atoms with E-state index in [2.05, 4.69) is 14.8 Å². The van der Waals surface area contributed by atoms with Crippen molar-refractivity contribution in [1.82, 2.24) is 5.32 Å². The molecule has 0 aromatic rings. The molecule has 0 saturated heterocycles. The van der Waals surface area contributed by atoms with Crippen molar-refractivity contribution < 1.29 is 28.6 Å². The predicted octanol–water partition coefficient (Wildman–Crippen LogP) is 1.01. The summed E-state index contributed by atoms with van der Waals surface area (Å²) in [7, 11) is 2.47. The third kappa shape index (κ3) is 8.87. The van der Waals surface area contributed by atoms with E-state index in [4.69, 9.17) is 4.74 Å². The largest absolute Gasteiger partial charge is 0.469 e. The summed E-state index contributed by atoms with van der Waals surface area (Å²) in [5.41, 5.74) is 0. The van der Waals surface area contributed by atoms with Gasteiger partial charge in [-0.25, -0.2) is 4.79 Å². The van der Waals surface area contributed by atoms with Gasteiger partial charge >= 0.3 is 18.0 Å². The van der Waals surface area contributed by atoms with Gasteiger partial charge in [0.1, 0.15) is 0 Å². The Labute approximate surface area is 112 Å². The highest BCUT2D eigenvalue weighted by Crippen LogP contribution is 2.02. The van der Waals surface area contributed by atoms with Gasteiger partial charge in [0.05, 0.1) is 39.7 Å². The maximum absolute atomic E-state index is 11.4. The number of nitrogens with one attached hydrogen (secondary N) is 1. The first-order chi connectivity index (χ1) is 9.03. The fraction of sp³-hybridized carbons (Fsp3) is 0.750. The third-order valence-corrected chi connectivity index (χ3v) is 2.33. The molecule has 1 amide bonds. The predicted molar refractivity (Wildman–Crippen MR) is 66.4 cm³/mol. The number of alkyl carbamates (subject to hydrolysis) is 1. The molecule has 7 nitrogen and oxygen atoms in total. The van der Waals surface area contributed by atoms with Crippen molar-refractivity contribution in [3.8, 4) is 0 Å². The molecule has 0 aliphatic rings. The molecular weight excluding hydrogens is 254 g/mol. The number of esters is 2. The summed E-state index contributed by atoms with van der Waals surface area (Å²) >= 11 is 0. The van der Waals surface area contributed by atoms with Gasteiger partial charge in [-0.1, -0.05) is 13.3 Å². The van der Waals surface area contributed by atoms with E-state index in [-0.39, 0.29) is 12.8 Å². The van der Waals surface area contributed by atoms with Crippen molar-refractivity contribution in [2.75, 3.05) is 20.8 Å². The summed E-state index contributed by atoms with van der Waals surface area (Å²) in [4.78, 5) is 33.8. The zero-order valence-electron chi connectivity index (χ0n) is 11.6. The highest BCUT2D eigenvalue weighted by atomic mass is 16.5. The van der Waals surface area contributed by atoms with Crippen LogP contribution in [-0.2, 0) is 23.8 Å². The highest BCUT2D eigenvalue weighted by Gasteiger charge is 2.21. The van der Waals surface area contributed by atoms with Crippen LogP contribution in [0.2, 0.25) is 0 Å². The molecule has 110 valence electrons. The molecule has 0 aliphatic carbocycles. The summed E-state index contributed by atoms with van der Waals surface area (Å²) in [6.45, 7) is 2.27. The van der Waals surface area contributed by atoms with Crippen molar-refractivity contribution in [2.45, 2.75) is 38.6 Å². The smallest absolute Gasteiger partial charge is 0.407 e. The fourth-order valence-corrected chi connectivity index (χ4v) is 1.26. The Kier molecular flexibility index (Phi) is 9.20. The molecule has 0 atom stereocenters. The van der Waals surface area contributed by atoms with E-state index >= 15 is 0 Å². The van der Waals surface area contributed by atoms with Crippen molar-refractivity contribution in [3.05, 3.63) is 0 Å². The fourth-order valence-electron chi connectivity index (χ4n) is 1.26. The van der Waals surface area contributed by atoms with Gasteiger partial charge in [-0.2, -0.15) is 0 Å². The number of methoxy groups -OCH3 is 2. The molecule has 0 heterocycles. The van der Waals surface area contributed by atoms with E-state index in [1.165, 1.54) is 14.2 Å².